The van der Waals surface area contributed by atoms with Gasteiger partial charge in [-0.15, -0.1) is 0 Å². The van der Waals surface area contributed by atoms with E-state index in [1.54, 1.807) is 0 Å². The van der Waals surface area contributed by atoms with Gasteiger partial charge in [0.25, 0.3) is 0 Å². The predicted octanol–water partition coefficient (Wildman–Crippen LogP) is 10.8. The average Bonchev–Trinajstić information content (AvgIpc) is 3.06. The molecule has 1 nitrogen and oxygen atoms in total. The highest BCUT2D eigenvalue weighted by Gasteiger charge is 2.18. The highest BCUT2D eigenvalue weighted by atomic mass is 14.7. The van der Waals surface area contributed by atoms with Crippen LogP contribution in [0.25, 0.3) is 65.3 Å². The van der Waals surface area contributed by atoms with Crippen LogP contribution in [0.2, 0.25) is 0 Å². The molecule has 0 aliphatic heterocycles. The molecule has 198 valence electrons. The summed E-state index contributed by atoms with van der Waals surface area (Å²) in [5.74, 6) is 0. The van der Waals surface area contributed by atoms with Crippen LogP contribution in [0, 0.1) is 0 Å². The van der Waals surface area contributed by atoms with E-state index >= 15 is 0 Å². The summed E-state index contributed by atoms with van der Waals surface area (Å²) in [6.45, 7) is 0. The second-order valence-corrected chi connectivity index (χ2v) is 11.1. The topological polar surface area (TPSA) is 12.9 Å². The van der Waals surface area contributed by atoms with E-state index in [4.69, 9.17) is 0 Å². The third kappa shape index (κ3) is 4.31. The van der Waals surface area contributed by atoms with E-state index in [1.807, 2.05) is 12.3 Å². The Morgan fingerprint density at radius 1 is 0.381 bits per heavy atom. The number of hydrogen-bond donors (Lipinski definition) is 0. The summed E-state index contributed by atoms with van der Waals surface area (Å²) in [6, 6.07) is 53.3. The molecule has 0 amide bonds. The van der Waals surface area contributed by atoms with Crippen LogP contribution in [-0.4, -0.2) is 4.98 Å². The molecule has 0 N–H and O–H groups in total. The normalized spacial score (nSPS) is 11.5. The Hall–Kier alpha value is -5.27. The molecule has 0 unspecified atom stereocenters. The summed E-state index contributed by atoms with van der Waals surface area (Å²) in [6.07, 6.45) is 3.75. The second kappa shape index (κ2) is 10.3. The highest BCUT2D eigenvalue weighted by Crippen LogP contribution is 2.45. The summed E-state index contributed by atoms with van der Waals surface area (Å²) in [7, 11) is 0. The van der Waals surface area contributed by atoms with Crippen LogP contribution in [0.15, 0.2) is 152 Å². The Bertz CT molecular complexity index is 2240. The first-order chi connectivity index (χ1) is 20.8. The van der Waals surface area contributed by atoms with Gasteiger partial charge in [0, 0.05) is 11.9 Å². The first kappa shape index (κ1) is 24.5. The summed E-state index contributed by atoms with van der Waals surface area (Å²) >= 11 is 0. The smallest absolute Gasteiger partial charge is 0.0406 e. The molecule has 42 heavy (non-hydrogen) atoms. The van der Waals surface area contributed by atoms with Gasteiger partial charge >= 0.3 is 0 Å². The van der Waals surface area contributed by atoms with Crippen molar-refractivity contribution in [3.05, 3.63) is 163 Å². The van der Waals surface area contributed by atoms with Gasteiger partial charge in [0.05, 0.1) is 0 Å². The van der Waals surface area contributed by atoms with E-state index in [-0.39, 0.29) is 0 Å². The van der Waals surface area contributed by atoms with Crippen LogP contribution in [-0.2, 0) is 12.8 Å². The number of benzene rings is 7. The van der Waals surface area contributed by atoms with E-state index < -0.39 is 0 Å². The number of rotatable bonds is 5. The van der Waals surface area contributed by atoms with Crippen LogP contribution < -0.4 is 0 Å². The number of pyridine rings is 1. The highest BCUT2D eigenvalue weighted by molar-refractivity contribution is 6.22. The van der Waals surface area contributed by atoms with Crippen LogP contribution in [0.5, 0.6) is 0 Å². The van der Waals surface area contributed by atoms with E-state index in [1.165, 1.54) is 70.9 Å². The number of nitrogens with zero attached hydrogens (tertiary/aromatic N) is 1. The molecule has 0 radical (unpaired) electrons. The van der Waals surface area contributed by atoms with Gasteiger partial charge < -0.3 is 0 Å². The molecule has 1 heterocycles. The molecular formula is C41H29N. The Morgan fingerprint density at radius 3 is 1.55 bits per heavy atom. The molecule has 0 fully saturated rings. The first-order valence-electron chi connectivity index (χ1n) is 14.7. The fraction of sp³-hybridized carbons (Fsp3) is 0.0488. The molecule has 0 bridgehead atoms. The predicted molar refractivity (Wildman–Crippen MR) is 179 cm³/mol. The molecular weight excluding hydrogens is 506 g/mol. The van der Waals surface area contributed by atoms with Gasteiger partial charge in [0.2, 0.25) is 0 Å². The van der Waals surface area contributed by atoms with Crippen LogP contribution >= 0.6 is 0 Å². The maximum absolute atomic E-state index is 4.57. The lowest BCUT2D eigenvalue weighted by atomic mass is 9.84. The van der Waals surface area contributed by atoms with E-state index in [0.29, 0.717) is 0 Å². The standard InChI is InChI=1S/C41H29N/c1-3-11-31-26-33(20-18-29(31)9-1)40-36-14-5-6-15-37(36)41(34-21-19-30-10-2-4-12-32(30)27-34)39-25-28(17-23-38(39)40)16-22-35-13-7-8-24-42-35/h1-15,17-21,23-27H,16,22H2. The monoisotopic (exact) mass is 535 g/mol. The maximum atomic E-state index is 4.57. The zero-order valence-corrected chi connectivity index (χ0v) is 23.3. The number of aryl methyl sites for hydroxylation is 2. The SMILES string of the molecule is c1ccc(CCc2ccc3c(-c4ccc5ccccc5c4)c4ccccc4c(-c4ccc5ccccc5c4)c3c2)nc1. The molecule has 8 rings (SSSR count). The van der Waals surface area contributed by atoms with E-state index in [9.17, 15) is 0 Å². The van der Waals surface area contributed by atoms with Crippen molar-refractivity contribution in [3.8, 4) is 22.3 Å². The third-order valence-corrected chi connectivity index (χ3v) is 8.56. The van der Waals surface area contributed by atoms with Gasteiger partial charge in [0.1, 0.15) is 0 Å². The van der Waals surface area contributed by atoms with Crippen molar-refractivity contribution in [2.45, 2.75) is 12.8 Å². The van der Waals surface area contributed by atoms with Gasteiger partial charge in [-0.05, 0) is 108 Å². The summed E-state index contributed by atoms with van der Waals surface area (Å²) in [5.41, 5.74) is 7.56. The molecule has 1 aromatic heterocycles. The van der Waals surface area contributed by atoms with E-state index in [2.05, 4.69) is 145 Å². The molecule has 0 aliphatic carbocycles. The summed E-state index contributed by atoms with van der Waals surface area (Å²) < 4.78 is 0. The molecule has 0 atom stereocenters. The maximum Gasteiger partial charge on any atom is 0.0406 e. The lowest BCUT2D eigenvalue weighted by Gasteiger charge is -2.19. The van der Waals surface area contributed by atoms with E-state index in [0.717, 1.165) is 18.5 Å². The quantitative estimate of drug-likeness (QED) is 0.200. The van der Waals surface area contributed by atoms with Crippen LogP contribution in [0.4, 0.5) is 0 Å². The number of aromatic nitrogens is 1. The lowest BCUT2D eigenvalue weighted by molar-refractivity contribution is 0.915. The first-order valence-corrected chi connectivity index (χ1v) is 14.7. The van der Waals surface area contributed by atoms with Gasteiger partial charge in [-0.25, -0.2) is 0 Å². The molecule has 8 aromatic rings. The summed E-state index contributed by atoms with van der Waals surface area (Å²) in [5, 5.41) is 10.2. The van der Waals surface area contributed by atoms with Crippen molar-refractivity contribution in [1.29, 1.82) is 0 Å². The van der Waals surface area contributed by atoms with Crippen molar-refractivity contribution in [3.63, 3.8) is 0 Å². The second-order valence-electron chi connectivity index (χ2n) is 11.1. The lowest BCUT2D eigenvalue weighted by Crippen LogP contribution is -1.96. The van der Waals surface area contributed by atoms with Crippen molar-refractivity contribution in [2.75, 3.05) is 0 Å². The molecule has 1 heteroatoms. The molecule has 0 spiro atoms. The zero-order chi connectivity index (χ0) is 27.9. The third-order valence-electron chi connectivity index (χ3n) is 8.56. The Labute approximate surface area is 245 Å². The molecule has 7 aromatic carbocycles. The number of fused-ring (bicyclic) bond motifs is 4. The van der Waals surface area contributed by atoms with Crippen LogP contribution in [0.1, 0.15) is 11.3 Å². The Morgan fingerprint density at radius 2 is 0.929 bits per heavy atom. The van der Waals surface area contributed by atoms with Crippen LogP contribution in [0.3, 0.4) is 0 Å². The Balaban J connectivity index is 1.41. The molecule has 0 saturated carbocycles. The minimum Gasteiger partial charge on any atom is -0.261 e. The van der Waals surface area contributed by atoms with Crippen molar-refractivity contribution in [1.82, 2.24) is 4.98 Å². The van der Waals surface area contributed by atoms with Gasteiger partial charge in [-0.2, -0.15) is 0 Å². The fourth-order valence-corrected chi connectivity index (χ4v) is 6.51. The van der Waals surface area contributed by atoms with Gasteiger partial charge in [0.15, 0.2) is 0 Å². The average molecular weight is 536 g/mol. The van der Waals surface area contributed by atoms with Crippen molar-refractivity contribution in [2.24, 2.45) is 0 Å². The molecule has 0 aliphatic rings. The van der Waals surface area contributed by atoms with Gasteiger partial charge in [-0.1, -0.05) is 121 Å². The fourth-order valence-electron chi connectivity index (χ4n) is 6.51. The summed E-state index contributed by atoms with van der Waals surface area (Å²) in [4.78, 5) is 4.57. The van der Waals surface area contributed by atoms with Crippen molar-refractivity contribution >= 4 is 43.1 Å². The minimum absolute atomic E-state index is 0.919. The minimum atomic E-state index is 0.919. The zero-order valence-electron chi connectivity index (χ0n) is 23.3. The largest absolute Gasteiger partial charge is 0.261 e. The van der Waals surface area contributed by atoms with Crippen molar-refractivity contribution < 1.29 is 0 Å². The molecule has 0 saturated heterocycles. The number of hydrogen-bond acceptors (Lipinski definition) is 1. The Kier molecular flexibility index (Phi) is 6.00. The van der Waals surface area contributed by atoms with Gasteiger partial charge in [-0.3, -0.25) is 4.98 Å².